The van der Waals surface area contributed by atoms with Crippen molar-refractivity contribution in [2.45, 2.75) is 13.0 Å². The molecule has 1 aromatic heterocycles. The number of hydrogen-bond donors (Lipinski definition) is 0. The molecule has 0 amide bonds. The van der Waals surface area contributed by atoms with Crippen LogP contribution in [0.4, 0.5) is 17.6 Å². The molecule has 0 aliphatic carbocycles. The Morgan fingerprint density at radius 1 is 1.47 bits per heavy atom. The third-order valence-corrected chi connectivity index (χ3v) is 1.45. The Hall–Kier alpha value is -1.84. The molecule has 0 aromatic carbocycles. The zero-order chi connectivity index (χ0) is 11.5. The highest BCUT2D eigenvalue weighted by Crippen LogP contribution is 2.22. The van der Waals surface area contributed by atoms with Gasteiger partial charge in [0.2, 0.25) is 5.88 Å². The molecule has 0 N–H and O–H groups in total. The molecule has 0 aliphatic heterocycles. The molecule has 0 atom stereocenters. The molecule has 1 rings (SSSR count). The highest BCUT2D eigenvalue weighted by molar-refractivity contribution is 5.38. The standard InChI is InChI=1S/C8H4F4N2O/c9-2-6-4-14-7(1-5(6)3-13)15-8(10,11)12/h1,4H,2H2. The van der Waals surface area contributed by atoms with Gasteiger partial charge in [-0.05, 0) is 0 Å². The number of aromatic nitrogens is 1. The molecular weight excluding hydrogens is 216 g/mol. The predicted octanol–water partition coefficient (Wildman–Crippen LogP) is 2.32. The van der Waals surface area contributed by atoms with E-state index in [4.69, 9.17) is 5.26 Å². The van der Waals surface area contributed by atoms with Crippen molar-refractivity contribution in [3.8, 4) is 11.9 Å². The summed E-state index contributed by atoms with van der Waals surface area (Å²) < 4.78 is 50.9. The molecule has 0 saturated carbocycles. The van der Waals surface area contributed by atoms with E-state index in [2.05, 4.69) is 9.72 Å². The van der Waals surface area contributed by atoms with E-state index < -0.39 is 18.9 Å². The summed E-state index contributed by atoms with van der Waals surface area (Å²) in [5.74, 6) is -0.781. The molecule has 1 heterocycles. The summed E-state index contributed by atoms with van der Waals surface area (Å²) in [5, 5.41) is 8.49. The van der Waals surface area contributed by atoms with Gasteiger partial charge in [-0.1, -0.05) is 0 Å². The summed E-state index contributed by atoms with van der Waals surface area (Å²) >= 11 is 0. The lowest BCUT2D eigenvalue weighted by Gasteiger charge is -2.08. The predicted molar refractivity (Wildman–Crippen MR) is 40.4 cm³/mol. The van der Waals surface area contributed by atoms with Gasteiger partial charge in [0.1, 0.15) is 6.67 Å². The fraction of sp³-hybridized carbons (Fsp3) is 0.250. The van der Waals surface area contributed by atoms with Crippen LogP contribution in [0.2, 0.25) is 0 Å². The molecule has 15 heavy (non-hydrogen) atoms. The largest absolute Gasteiger partial charge is 0.574 e. The fourth-order valence-corrected chi connectivity index (χ4v) is 0.849. The summed E-state index contributed by atoms with van der Waals surface area (Å²) in [5.41, 5.74) is -0.307. The van der Waals surface area contributed by atoms with Gasteiger partial charge in [-0.25, -0.2) is 9.37 Å². The monoisotopic (exact) mass is 220 g/mol. The number of pyridine rings is 1. The maximum Gasteiger partial charge on any atom is 0.574 e. The van der Waals surface area contributed by atoms with Gasteiger partial charge >= 0.3 is 6.36 Å². The minimum absolute atomic E-state index is 0.0768. The van der Waals surface area contributed by atoms with E-state index in [-0.39, 0.29) is 11.1 Å². The molecule has 0 unspecified atom stereocenters. The van der Waals surface area contributed by atoms with Gasteiger partial charge in [0.15, 0.2) is 0 Å². The SMILES string of the molecule is N#Cc1cc(OC(F)(F)F)ncc1CF. The molecule has 0 radical (unpaired) electrons. The molecule has 0 spiro atoms. The van der Waals surface area contributed by atoms with Crippen LogP contribution in [-0.2, 0) is 6.67 Å². The van der Waals surface area contributed by atoms with Crippen molar-refractivity contribution in [1.82, 2.24) is 4.98 Å². The van der Waals surface area contributed by atoms with Crippen molar-refractivity contribution in [3.63, 3.8) is 0 Å². The second-order valence-corrected chi connectivity index (χ2v) is 2.47. The lowest BCUT2D eigenvalue weighted by atomic mass is 10.2. The Morgan fingerprint density at radius 3 is 2.60 bits per heavy atom. The molecule has 0 aliphatic rings. The van der Waals surface area contributed by atoms with E-state index in [9.17, 15) is 17.6 Å². The minimum Gasteiger partial charge on any atom is -0.388 e. The van der Waals surface area contributed by atoms with E-state index in [0.717, 1.165) is 12.3 Å². The first-order valence-corrected chi connectivity index (χ1v) is 3.67. The van der Waals surface area contributed by atoms with Crippen molar-refractivity contribution >= 4 is 0 Å². The maximum atomic E-state index is 12.2. The lowest BCUT2D eigenvalue weighted by Crippen LogP contribution is -2.18. The lowest BCUT2D eigenvalue weighted by molar-refractivity contribution is -0.276. The van der Waals surface area contributed by atoms with Gasteiger partial charge in [0.05, 0.1) is 11.6 Å². The molecule has 80 valence electrons. The molecule has 3 nitrogen and oxygen atoms in total. The second-order valence-electron chi connectivity index (χ2n) is 2.47. The van der Waals surface area contributed by atoms with Gasteiger partial charge in [-0.3, -0.25) is 0 Å². The highest BCUT2D eigenvalue weighted by atomic mass is 19.4. The summed E-state index contributed by atoms with van der Waals surface area (Å²) in [6.45, 7) is -0.970. The van der Waals surface area contributed by atoms with Crippen molar-refractivity contribution in [2.24, 2.45) is 0 Å². The van der Waals surface area contributed by atoms with Crippen LogP contribution < -0.4 is 4.74 Å². The number of nitrogens with zero attached hydrogens (tertiary/aromatic N) is 2. The Kier molecular flexibility index (Phi) is 3.09. The van der Waals surface area contributed by atoms with Crippen LogP contribution in [0.15, 0.2) is 12.3 Å². The Morgan fingerprint density at radius 2 is 2.13 bits per heavy atom. The first kappa shape index (κ1) is 11.2. The summed E-state index contributed by atoms with van der Waals surface area (Å²) in [7, 11) is 0. The fourth-order valence-electron chi connectivity index (χ4n) is 0.849. The van der Waals surface area contributed by atoms with Gasteiger partial charge in [0.25, 0.3) is 0 Å². The minimum atomic E-state index is -4.88. The Labute approximate surface area is 81.9 Å². The van der Waals surface area contributed by atoms with E-state index in [1.807, 2.05) is 0 Å². The Balaban J connectivity index is 3.00. The zero-order valence-electron chi connectivity index (χ0n) is 7.18. The number of ether oxygens (including phenoxy) is 1. The highest BCUT2D eigenvalue weighted by Gasteiger charge is 2.32. The molecular formula is C8H4F4N2O. The van der Waals surface area contributed by atoms with Gasteiger partial charge < -0.3 is 4.74 Å². The number of alkyl halides is 4. The number of halogens is 4. The van der Waals surface area contributed by atoms with Crippen LogP contribution in [0.1, 0.15) is 11.1 Å². The number of nitriles is 1. The van der Waals surface area contributed by atoms with Crippen LogP contribution in [0.3, 0.4) is 0 Å². The zero-order valence-corrected chi connectivity index (χ0v) is 7.18. The van der Waals surface area contributed by atoms with E-state index in [1.54, 1.807) is 6.07 Å². The van der Waals surface area contributed by atoms with Gasteiger partial charge in [-0.2, -0.15) is 5.26 Å². The number of rotatable bonds is 2. The first-order chi connectivity index (χ1) is 6.96. The third kappa shape index (κ3) is 3.09. The first-order valence-electron chi connectivity index (χ1n) is 3.67. The van der Waals surface area contributed by atoms with Crippen molar-refractivity contribution in [1.29, 1.82) is 5.26 Å². The van der Waals surface area contributed by atoms with Crippen LogP contribution in [0.5, 0.6) is 5.88 Å². The average Bonchev–Trinajstić information content (AvgIpc) is 2.15. The average molecular weight is 220 g/mol. The van der Waals surface area contributed by atoms with Crippen molar-refractivity contribution < 1.29 is 22.3 Å². The third-order valence-electron chi connectivity index (χ3n) is 1.45. The smallest absolute Gasteiger partial charge is 0.388 e. The molecule has 1 aromatic rings. The van der Waals surface area contributed by atoms with Gasteiger partial charge in [0, 0.05) is 17.8 Å². The summed E-state index contributed by atoms with van der Waals surface area (Å²) in [4.78, 5) is 3.21. The van der Waals surface area contributed by atoms with E-state index >= 15 is 0 Å². The van der Waals surface area contributed by atoms with Crippen molar-refractivity contribution in [2.75, 3.05) is 0 Å². The van der Waals surface area contributed by atoms with E-state index in [1.165, 1.54) is 0 Å². The van der Waals surface area contributed by atoms with Crippen LogP contribution in [-0.4, -0.2) is 11.3 Å². The summed E-state index contributed by atoms with van der Waals surface area (Å²) in [6, 6.07) is 2.28. The topological polar surface area (TPSA) is 45.9 Å². The molecule has 0 bridgehead atoms. The van der Waals surface area contributed by atoms with Crippen LogP contribution >= 0.6 is 0 Å². The maximum absolute atomic E-state index is 12.2. The van der Waals surface area contributed by atoms with Crippen molar-refractivity contribution in [3.05, 3.63) is 23.4 Å². The van der Waals surface area contributed by atoms with Crippen LogP contribution in [0, 0.1) is 11.3 Å². The van der Waals surface area contributed by atoms with E-state index in [0.29, 0.717) is 0 Å². The Bertz CT molecular complexity index is 397. The quantitative estimate of drug-likeness (QED) is 0.718. The normalized spacial score (nSPS) is 10.9. The molecule has 0 fully saturated rings. The molecule has 0 saturated heterocycles. The second kappa shape index (κ2) is 4.13. The van der Waals surface area contributed by atoms with Crippen LogP contribution in [0.25, 0.3) is 0 Å². The van der Waals surface area contributed by atoms with Gasteiger partial charge in [-0.15, -0.1) is 13.2 Å². The molecule has 7 heteroatoms. The summed E-state index contributed by atoms with van der Waals surface area (Å²) in [6.07, 6.45) is -4.05. The number of hydrogen-bond acceptors (Lipinski definition) is 3.